The van der Waals surface area contributed by atoms with Crippen LogP contribution in [0.1, 0.15) is 41.5 Å². The third-order valence-electron chi connectivity index (χ3n) is 6.19. The van der Waals surface area contributed by atoms with Gasteiger partial charge in [-0.05, 0) is 54.1 Å². The summed E-state index contributed by atoms with van der Waals surface area (Å²) in [5.74, 6) is 0.769. The molecule has 0 radical (unpaired) electrons. The minimum absolute atomic E-state index is 0.593. The number of morpholine rings is 1. The molecule has 0 saturated carbocycles. The molecule has 2 aliphatic heterocycles. The minimum atomic E-state index is 0.593. The molecule has 2 fully saturated rings. The zero-order valence-corrected chi connectivity index (χ0v) is 14.7. The second kappa shape index (κ2) is 6.47. The van der Waals surface area contributed by atoms with Gasteiger partial charge in [-0.25, -0.2) is 0 Å². The summed E-state index contributed by atoms with van der Waals surface area (Å²) in [5, 5.41) is 0. The Balaban J connectivity index is 1.42. The number of ether oxygens (including phenoxy) is 1. The Morgan fingerprint density at radius 2 is 1.76 bits per heavy atom. The molecule has 0 amide bonds. The summed E-state index contributed by atoms with van der Waals surface area (Å²) >= 11 is 0. The average Bonchev–Trinajstić information content (AvgIpc) is 2.98. The molecular weight excluding hydrogens is 308 g/mol. The molecule has 3 heteroatoms. The molecule has 25 heavy (non-hydrogen) atoms. The van der Waals surface area contributed by atoms with E-state index in [1.165, 1.54) is 30.6 Å². The van der Waals surface area contributed by atoms with Crippen LogP contribution >= 0.6 is 0 Å². The molecule has 2 atom stereocenters. The summed E-state index contributed by atoms with van der Waals surface area (Å²) in [7, 11) is 0. The topological polar surface area (TPSA) is 15.7 Å². The Bertz CT molecular complexity index is 739. The van der Waals surface area contributed by atoms with Gasteiger partial charge >= 0.3 is 0 Å². The van der Waals surface area contributed by atoms with Gasteiger partial charge in [0.05, 0.1) is 13.2 Å². The lowest BCUT2D eigenvalue weighted by Crippen LogP contribution is -2.36. The highest BCUT2D eigenvalue weighted by Crippen LogP contribution is 2.50. The third-order valence-corrected chi connectivity index (χ3v) is 6.19. The van der Waals surface area contributed by atoms with Gasteiger partial charge in [0.15, 0.2) is 0 Å². The summed E-state index contributed by atoms with van der Waals surface area (Å²) in [6.07, 6.45) is 2.60. The SMILES string of the molecule is c1ccc(CN2CC[C@@H]3C[C@@H]2c2cc(N4CCOCC4)ccc23)cc1. The van der Waals surface area contributed by atoms with Gasteiger partial charge in [0, 0.05) is 31.4 Å². The van der Waals surface area contributed by atoms with Crippen molar-refractivity contribution in [2.75, 3.05) is 37.7 Å². The molecule has 2 heterocycles. The normalized spacial score (nSPS) is 25.8. The lowest BCUT2D eigenvalue weighted by Gasteiger charge is -2.34. The lowest BCUT2D eigenvalue weighted by atomic mass is 9.95. The van der Waals surface area contributed by atoms with Crippen molar-refractivity contribution in [1.82, 2.24) is 4.90 Å². The van der Waals surface area contributed by atoms with Crippen molar-refractivity contribution in [3.05, 3.63) is 65.2 Å². The Morgan fingerprint density at radius 3 is 2.60 bits per heavy atom. The molecule has 1 aliphatic carbocycles. The van der Waals surface area contributed by atoms with Gasteiger partial charge in [0.1, 0.15) is 0 Å². The maximum atomic E-state index is 5.52. The lowest BCUT2D eigenvalue weighted by molar-refractivity contribution is 0.122. The van der Waals surface area contributed by atoms with Crippen LogP contribution in [0.2, 0.25) is 0 Å². The predicted octanol–water partition coefficient (Wildman–Crippen LogP) is 3.96. The van der Waals surface area contributed by atoms with Crippen molar-refractivity contribution in [3.8, 4) is 0 Å². The quantitative estimate of drug-likeness (QED) is 0.845. The molecular formula is C22H26N2O. The average molecular weight is 334 g/mol. The Labute approximate surface area is 150 Å². The highest BCUT2D eigenvalue weighted by Gasteiger charge is 2.38. The van der Waals surface area contributed by atoms with E-state index in [2.05, 4.69) is 58.3 Å². The Morgan fingerprint density at radius 1 is 0.920 bits per heavy atom. The molecule has 0 unspecified atom stereocenters. The highest BCUT2D eigenvalue weighted by molar-refractivity contribution is 5.55. The van der Waals surface area contributed by atoms with Crippen molar-refractivity contribution >= 4 is 5.69 Å². The van der Waals surface area contributed by atoms with Crippen molar-refractivity contribution < 1.29 is 4.74 Å². The molecule has 0 spiro atoms. The fourth-order valence-electron chi connectivity index (χ4n) is 4.87. The number of benzene rings is 2. The van der Waals surface area contributed by atoms with Gasteiger partial charge in [-0.1, -0.05) is 36.4 Å². The number of rotatable bonds is 3. The van der Waals surface area contributed by atoms with E-state index in [0.717, 1.165) is 38.8 Å². The second-order valence-electron chi connectivity index (χ2n) is 7.61. The van der Waals surface area contributed by atoms with Crippen molar-refractivity contribution in [2.45, 2.75) is 31.3 Å². The fourth-order valence-corrected chi connectivity index (χ4v) is 4.87. The zero-order chi connectivity index (χ0) is 16.6. The zero-order valence-electron chi connectivity index (χ0n) is 14.7. The van der Waals surface area contributed by atoms with E-state index in [9.17, 15) is 0 Å². The van der Waals surface area contributed by atoms with Crippen LogP contribution in [-0.4, -0.2) is 37.7 Å². The molecule has 2 aromatic rings. The Hall–Kier alpha value is -1.84. The summed E-state index contributed by atoms with van der Waals surface area (Å²) in [5.41, 5.74) is 6.01. The molecule has 2 aromatic carbocycles. The standard InChI is InChI=1S/C22H26N2O/c1-2-4-17(5-3-1)16-24-9-8-18-14-22(24)21-15-19(6-7-20(18)21)23-10-12-25-13-11-23/h1-7,15,18,22H,8-14,16H2/t18-,22-/m1/s1. The van der Waals surface area contributed by atoms with Crippen LogP contribution < -0.4 is 4.90 Å². The van der Waals surface area contributed by atoms with E-state index in [-0.39, 0.29) is 0 Å². The summed E-state index contributed by atoms with van der Waals surface area (Å²) in [6.45, 7) is 6.01. The van der Waals surface area contributed by atoms with Crippen LogP contribution in [-0.2, 0) is 11.3 Å². The van der Waals surface area contributed by atoms with E-state index in [1.54, 1.807) is 11.1 Å². The van der Waals surface area contributed by atoms with E-state index in [1.807, 2.05) is 0 Å². The van der Waals surface area contributed by atoms with E-state index < -0.39 is 0 Å². The van der Waals surface area contributed by atoms with Crippen LogP contribution in [0.3, 0.4) is 0 Å². The van der Waals surface area contributed by atoms with Gasteiger partial charge in [0.2, 0.25) is 0 Å². The van der Waals surface area contributed by atoms with Crippen molar-refractivity contribution in [1.29, 1.82) is 0 Å². The molecule has 130 valence electrons. The van der Waals surface area contributed by atoms with Crippen LogP contribution in [0, 0.1) is 0 Å². The molecule has 3 aliphatic rings. The number of likely N-dealkylation sites (tertiary alicyclic amines) is 1. The Kier molecular flexibility index (Phi) is 3.99. The number of anilines is 1. The number of hydrogen-bond acceptors (Lipinski definition) is 3. The van der Waals surface area contributed by atoms with E-state index in [4.69, 9.17) is 4.74 Å². The number of nitrogens with zero attached hydrogens (tertiary/aromatic N) is 2. The molecule has 3 nitrogen and oxygen atoms in total. The van der Waals surface area contributed by atoms with Crippen LogP contribution in [0.15, 0.2) is 48.5 Å². The molecule has 2 saturated heterocycles. The van der Waals surface area contributed by atoms with Crippen molar-refractivity contribution in [2.24, 2.45) is 0 Å². The molecule has 0 N–H and O–H groups in total. The van der Waals surface area contributed by atoms with Crippen LogP contribution in [0.4, 0.5) is 5.69 Å². The minimum Gasteiger partial charge on any atom is -0.378 e. The maximum Gasteiger partial charge on any atom is 0.0642 e. The first-order chi connectivity index (χ1) is 12.4. The first-order valence-corrected chi connectivity index (χ1v) is 9.63. The number of piperidine rings is 1. The first-order valence-electron chi connectivity index (χ1n) is 9.63. The third kappa shape index (κ3) is 2.86. The van der Waals surface area contributed by atoms with Crippen LogP contribution in [0.5, 0.6) is 0 Å². The second-order valence-corrected chi connectivity index (χ2v) is 7.61. The number of fused-ring (bicyclic) bond motifs is 5. The smallest absolute Gasteiger partial charge is 0.0642 e. The number of hydrogen-bond donors (Lipinski definition) is 0. The van der Waals surface area contributed by atoms with Gasteiger partial charge in [0.25, 0.3) is 0 Å². The molecule has 0 aromatic heterocycles. The molecule has 2 bridgehead atoms. The maximum absolute atomic E-state index is 5.52. The van der Waals surface area contributed by atoms with E-state index >= 15 is 0 Å². The van der Waals surface area contributed by atoms with Gasteiger partial charge < -0.3 is 9.64 Å². The fraction of sp³-hybridized carbons (Fsp3) is 0.455. The van der Waals surface area contributed by atoms with Gasteiger partial charge in [-0.3, -0.25) is 4.90 Å². The molecule has 5 rings (SSSR count). The van der Waals surface area contributed by atoms with Crippen molar-refractivity contribution in [3.63, 3.8) is 0 Å². The summed E-state index contributed by atoms with van der Waals surface area (Å²) in [6, 6.07) is 18.8. The highest BCUT2D eigenvalue weighted by atomic mass is 16.5. The monoisotopic (exact) mass is 334 g/mol. The van der Waals surface area contributed by atoms with Gasteiger partial charge in [-0.15, -0.1) is 0 Å². The summed E-state index contributed by atoms with van der Waals surface area (Å²) in [4.78, 5) is 5.17. The predicted molar refractivity (Wildman–Crippen MR) is 101 cm³/mol. The van der Waals surface area contributed by atoms with E-state index in [0.29, 0.717) is 6.04 Å². The largest absolute Gasteiger partial charge is 0.378 e. The first kappa shape index (κ1) is 15.4. The van der Waals surface area contributed by atoms with Crippen LogP contribution in [0.25, 0.3) is 0 Å². The summed E-state index contributed by atoms with van der Waals surface area (Å²) < 4.78 is 5.52. The van der Waals surface area contributed by atoms with Gasteiger partial charge in [-0.2, -0.15) is 0 Å².